The van der Waals surface area contributed by atoms with Crippen molar-refractivity contribution in [2.75, 3.05) is 13.7 Å². The Morgan fingerprint density at radius 3 is 2.19 bits per heavy atom. The van der Waals surface area contributed by atoms with E-state index in [1.165, 1.54) is 0 Å². The third kappa shape index (κ3) is 6.28. The van der Waals surface area contributed by atoms with Crippen LogP contribution >= 0.6 is 0 Å². The smallest absolute Gasteiger partial charge is 0.125 e. The minimum absolute atomic E-state index is 0.108. The van der Waals surface area contributed by atoms with E-state index in [1.807, 2.05) is 61.5 Å². The summed E-state index contributed by atoms with van der Waals surface area (Å²) < 4.78 is 17.1. The number of hydrogen-bond donors (Lipinski definition) is 0. The minimum Gasteiger partial charge on any atom is -0.497 e. The molecule has 0 unspecified atom stereocenters. The van der Waals surface area contributed by atoms with Gasteiger partial charge in [0.15, 0.2) is 0 Å². The van der Waals surface area contributed by atoms with Crippen LogP contribution in [0.15, 0.2) is 54.6 Å². The number of methoxy groups -OCH3 is 1. The number of hydrogen-bond acceptors (Lipinski definition) is 4. The lowest BCUT2D eigenvalue weighted by Gasteiger charge is -2.27. The van der Waals surface area contributed by atoms with E-state index in [0.717, 1.165) is 23.2 Å². The molecule has 0 aliphatic rings. The van der Waals surface area contributed by atoms with Gasteiger partial charge in [-0.15, -0.1) is 0 Å². The van der Waals surface area contributed by atoms with E-state index in [4.69, 9.17) is 14.2 Å². The van der Waals surface area contributed by atoms with Crippen LogP contribution in [0.3, 0.4) is 0 Å². The van der Waals surface area contributed by atoms with Gasteiger partial charge in [0.2, 0.25) is 0 Å². The highest BCUT2D eigenvalue weighted by atomic mass is 16.5. The van der Waals surface area contributed by atoms with Crippen molar-refractivity contribution in [3.63, 3.8) is 0 Å². The SMILES string of the molecule is COc1ccc(CO[C@H]([C@@H](C)C=O)[C@@H](C)COCc2ccccc2)cc1. The van der Waals surface area contributed by atoms with Crippen molar-refractivity contribution >= 4 is 6.29 Å². The Balaban J connectivity index is 1.87. The Hall–Kier alpha value is -2.17. The standard InChI is InChI=1S/C22H28O4/c1-17(13-23)22(26-16-20-9-11-21(24-3)12-10-20)18(2)14-25-15-19-7-5-4-6-8-19/h4-13,17-18,22H,14-16H2,1-3H3/t17-,18-,22+/m0/s1. The lowest BCUT2D eigenvalue weighted by atomic mass is 9.94. The van der Waals surface area contributed by atoms with Crippen LogP contribution in [0.2, 0.25) is 0 Å². The van der Waals surface area contributed by atoms with Crippen LogP contribution in [0.1, 0.15) is 25.0 Å². The first kappa shape index (κ1) is 20.1. The van der Waals surface area contributed by atoms with Crippen molar-refractivity contribution < 1.29 is 19.0 Å². The fraction of sp³-hybridized carbons (Fsp3) is 0.409. The topological polar surface area (TPSA) is 44.8 Å². The Morgan fingerprint density at radius 2 is 1.58 bits per heavy atom. The fourth-order valence-corrected chi connectivity index (χ4v) is 2.86. The van der Waals surface area contributed by atoms with Crippen molar-refractivity contribution in [1.29, 1.82) is 0 Å². The molecule has 0 saturated heterocycles. The molecule has 2 aromatic carbocycles. The van der Waals surface area contributed by atoms with Crippen molar-refractivity contribution in [3.05, 3.63) is 65.7 Å². The third-order valence-electron chi connectivity index (χ3n) is 4.39. The molecule has 0 aliphatic carbocycles. The Bertz CT molecular complexity index is 639. The molecule has 3 atom stereocenters. The van der Waals surface area contributed by atoms with Gasteiger partial charge in [0.1, 0.15) is 12.0 Å². The van der Waals surface area contributed by atoms with Crippen molar-refractivity contribution in [1.82, 2.24) is 0 Å². The van der Waals surface area contributed by atoms with Crippen LogP contribution in [-0.2, 0) is 27.5 Å². The van der Waals surface area contributed by atoms with Gasteiger partial charge < -0.3 is 19.0 Å². The van der Waals surface area contributed by atoms with Gasteiger partial charge in [-0.1, -0.05) is 56.3 Å². The van der Waals surface area contributed by atoms with Gasteiger partial charge in [0, 0.05) is 11.8 Å². The minimum atomic E-state index is -0.191. The van der Waals surface area contributed by atoms with Crippen LogP contribution in [0.25, 0.3) is 0 Å². The van der Waals surface area contributed by atoms with Gasteiger partial charge >= 0.3 is 0 Å². The van der Waals surface area contributed by atoms with Crippen LogP contribution < -0.4 is 4.74 Å². The lowest BCUT2D eigenvalue weighted by molar-refractivity contribution is -0.119. The van der Waals surface area contributed by atoms with Crippen molar-refractivity contribution in [2.45, 2.75) is 33.2 Å². The average molecular weight is 356 g/mol. The van der Waals surface area contributed by atoms with Gasteiger partial charge in [-0.3, -0.25) is 0 Å². The van der Waals surface area contributed by atoms with E-state index >= 15 is 0 Å². The van der Waals surface area contributed by atoms with E-state index < -0.39 is 0 Å². The zero-order valence-electron chi connectivity index (χ0n) is 15.8. The lowest BCUT2D eigenvalue weighted by Crippen LogP contribution is -2.32. The molecule has 2 rings (SSSR count). The third-order valence-corrected chi connectivity index (χ3v) is 4.39. The highest BCUT2D eigenvalue weighted by molar-refractivity contribution is 5.53. The van der Waals surface area contributed by atoms with Gasteiger partial charge in [0.05, 0.1) is 33.0 Å². The summed E-state index contributed by atoms with van der Waals surface area (Å²) in [6.07, 6.45) is 0.761. The van der Waals surface area contributed by atoms with Crippen LogP contribution in [0.5, 0.6) is 5.75 Å². The number of ether oxygens (including phenoxy) is 3. The molecule has 0 fully saturated rings. The molecule has 4 nitrogen and oxygen atoms in total. The molecule has 0 aliphatic heterocycles. The second-order valence-electron chi connectivity index (χ2n) is 6.60. The highest BCUT2D eigenvalue weighted by Gasteiger charge is 2.24. The van der Waals surface area contributed by atoms with Crippen LogP contribution in [0.4, 0.5) is 0 Å². The van der Waals surface area contributed by atoms with Gasteiger partial charge in [-0.05, 0) is 23.3 Å². The molecule has 0 heterocycles. The van der Waals surface area contributed by atoms with E-state index in [1.54, 1.807) is 7.11 Å². The summed E-state index contributed by atoms with van der Waals surface area (Å²) in [7, 11) is 1.64. The number of aldehydes is 1. The molecule has 26 heavy (non-hydrogen) atoms. The van der Waals surface area contributed by atoms with Gasteiger partial charge in [0.25, 0.3) is 0 Å². The molecule has 0 aromatic heterocycles. The summed E-state index contributed by atoms with van der Waals surface area (Å²) in [6.45, 7) is 5.51. The van der Waals surface area contributed by atoms with E-state index in [9.17, 15) is 4.79 Å². The molecule has 0 radical (unpaired) electrons. The Labute approximate surface area is 156 Å². The second-order valence-corrected chi connectivity index (χ2v) is 6.60. The van der Waals surface area contributed by atoms with Gasteiger partial charge in [-0.2, -0.15) is 0 Å². The molecule has 0 bridgehead atoms. The molecule has 0 N–H and O–H groups in total. The maximum atomic E-state index is 11.3. The summed E-state index contributed by atoms with van der Waals surface area (Å²) in [5, 5.41) is 0. The first-order valence-electron chi connectivity index (χ1n) is 8.95. The van der Waals surface area contributed by atoms with Gasteiger partial charge in [-0.25, -0.2) is 0 Å². The summed E-state index contributed by atoms with van der Waals surface area (Å²) in [6, 6.07) is 17.8. The number of carbonyl (C=O) groups excluding carboxylic acids is 1. The van der Waals surface area contributed by atoms with Crippen molar-refractivity contribution in [3.8, 4) is 5.75 Å². The van der Waals surface area contributed by atoms with E-state index in [-0.39, 0.29) is 17.9 Å². The summed E-state index contributed by atoms with van der Waals surface area (Å²) >= 11 is 0. The van der Waals surface area contributed by atoms with E-state index in [2.05, 4.69) is 6.92 Å². The predicted octanol–water partition coefficient (Wildman–Crippen LogP) is 4.27. The zero-order valence-corrected chi connectivity index (χ0v) is 15.8. The zero-order chi connectivity index (χ0) is 18.8. The summed E-state index contributed by atoms with van der Waals surface area (Å²) in [4.78, 5) is 11.3. The molecular weight excluding hydrogens is 328 g/mol. The monoisotopic (exact) mass is 356 g/mol. The van der Waals surface area contributed by atoms with Crippen LogP contribution in [0, 0.1) is 11.8 Å². The average Bonchev–Trinajstić information content (AvgIpc) is 2.69. The first-order chi connectivity index (χ1) is 12.6. The van der Waals surface area contributed by atoms with Crippen molar-refractivity contribution in [2.24, 2.45) is 11.8 Å². The Morgan fingerprint density at radius 1 is 0.923 bits per heavy atom. The fourth-order valence-electron chi connectivity index (χ4n) is 2.86. The number of rotatable bonds is 11. The normalized spacial score (nSPS) is 14.4. The highest BCUT2D eigenvalue weighted by Crippen LogP contribution is 2.20. The van der Waals surface area contributed by atoms with E-state index in [0.29, 0.717) is 19.8 Å². The predicted molar refractivity (Wildman–Crippen MR) is 102 cm³/mol. The molecule has 140 valence electrons. The number of carbonyl (C=O) groups is 1. The molecule has 0 saturated carbocycles. The second kappa shape index (κ2) is 10.7. The largest absolute Gasteiger partial charge is 0.497 e. The molecular formula is C22H28O4. The quantitative estimate of drug-likeness (QED) is 0.564. The first-order valence-corrected chi connectivity index (χ1v) is 8.95. The molecule has 0 spiro atoms. The summed E-state index contributed by atoms with van der Waals surface area (Å²) in [5.41, 5.74) is 2.19. The molecule has 4 heteroatoms. The summed E-state index contributed by atoms with van der Waals surface area (Å²) in [5.74, 6) is 0.731. The Kier molecular flexibility index (Phi) is 8.32. The maximum Gasteiger partial charge on any atom is 0.125 e. The maximum absolute atomic E-state index is 11.3. The number of benzene rings is 2. The molecule has 0 amide bonds. The van der Waals surface area contributed by atoms with Crippen LogP contribution in [-0.4, -0.2) is 26.1 Å². The molecule has 2 aromatic rings.